The number of halogens is 1. The van der Waals surface area contributed by atoms with Crippen LogP contribution in [0.15, 0.2) is 17.5 Å². The van der Waals surface area contributed by atoms with E-state index >= 15 is 0 Å². The van der Waals surface area contributed by atoms with E-state index in [0.717, 1.165) is 26.1 Å². The summed E-state index contributed by atoms with van der Waals surface area (Å²) >= 11 is 1.85. The van der Waals surface area contributed by atoms with Crippen LogP contribution in [-0.2, 0) is 6.54 Å². The standard InChI is InChI=1S/C11H18N2S.ClH/c1-9-7-13(5-4-11(9)12)8-10-3-2-6-14-10;/h2-3,6,9,11H,4-5,7-8,12H2,1H3;1H. The zero-order valence-corrected chi connectivity index (χ0v) is 10.7. The molecule has 2 unspecified atom stereocenters. The van der Waals surface area contributed by atoms with Crippen LogP contribution in [0.5, 0.6) is 0 Å². The number of piperidine rings is 1. The van der Waals surface area contributed by atoms with Crippen LogP contribution in [0.4, 0.5) is 0 Å². The van der Waals surface area contributed by atoms with E-state index < -0.39 is 0 Å². The Kier molecular flexibility index (Phi) is 5.06. The summed E-state index contributed by atoms with van der Waals surface area (Å²) in [7, 11) is 0. The average molecular weight is 247 g/mol. The second-order valence-corrected chi connectivity index (χ2v) is 5.28. The van der Waals surface area contributed by atoms with Crippen LogP contribution in [0.2, 0.25) is 0 Å². The second kappa shape index (κ2) is 5.85. The molecule has 1 aromatic rings. The number of likely N-dealkylation sites (tertiary alicyclic amines) is 1. The van der Waals surface area contributed by atoms with Crippen LogP contribution in [0.3, 0.4) is 0 Å². The lowest BCUT2D eigenvalue weighted by atomic mass is 9.95. The van der Waals surface area contributed by atoms with E-state index in [1.165, 1.54) is 4.88 Å². The van der Waals surface area contributed by atoms with E-state index in [2.05, 4.69) is 29.3 Å². The quantitative estimate of drug-likeness (QED) is 0.868. The topological polar surface area (TPSA) is 29.3 Å². The molecule has 1 aliphatic heterocycles. The number of nitrogens with zero attached hydrogens (tertiary/aromatic N) is 1. The molecule has 0 radical (unpaired) electrons. The third-order valence-electron chi connectivity index (χ3n) is 3.02. The van der Waals surface area contributed by atoms with E-state index in [0.29, 0.717) is 12.0 Å². The molecular weight excluding hydrogens is 228 g/mol. The zero-order chi connectivity index (χ0) is 9.97. The Morgan fingerprint density at radius 3 is 3.00 bits per heavy atom. The Balaban J connectivity index is 0.00000112. The van der Waals surface area contributed by atoms with Crippen molar-refractivity contribution in [3.05, 3.63) is 22.4 Å². The minimum Gasteiger partial charge on any atom is -0.327 e. The normalized spacial score (nSPS) is 27.3. The van der Waals surface area contributed by atoms with Gasteiger partial charge in [-0.3, -0.25) is 4.90 Å². The third kappa shape index (κ3) is 3.45. The molecule has 1 aromatic heterocycles. The summed E-state index contributed by atoms with van der Waals surface area (Å²) in [5, 5.41) is 2.15. The summed E-state index contributed by atoms with van der Waals surface area (Å²) in [6.45, 7) is 5.67. The first-order valence-corrected chi connectivity index (χ1v) is 6.14. The van der Waals surface area contributed by atoms with Gasteiger partial charge in [-0.2, -0.15) is 0 Å². The van der Waals surface area contributed by atoms with E-state index in [1.807, 2.05) is 11.3 Å². The second-order valence-electron chi connectivity index (χ2n) is 4.24. The van der Waals surface area contributed by atoms with Crippen LogP contribution in [0.25, 0.3) is 0 Å². The van der Waals surface area contributed by atoms with Crippen molar-refractivity contribution in [3.8, 4) is 0 Å². The third-order valence-corrected chi connectivity index (χ3v) is 3.88. The van der Waals surface area contributed by atoms with Gasteiger partial charge in [0.15, 0.2) is 0 Å². The lowest BCUT2D eigenvalue weighted by Gasteiger charge is -2.34. The average Bonchev–Trinajstić information content (AvgIpc) is 2.64. The Morgan fingerprint density at radius 1 is 1.60 bits per heavy atom. The largest absolute Gasteiger partial charge is 0.327 e. The monoisotopic (exact) mass is 246 g/mol. The molecule has 1 saturated heterocycles. The molecule has 2 nitrogen and oxygen atoms in total. The molecule has 0 saturated carbocycles. The molecule has 4 heteroatoms. The molecule has 2 rings (SSSR count). The van der Waals surface area contributed by atoms with Gasteiger partial charge in [-0.1, -0.05) is 13.0 Å². The molecule has 0 aromatic carbocycles. The molecule has 0 bridgehead atoms. The highest BCUT2D eigenvalue weighted by atomic mass is 35.5. The number of hydrogen-bond donors (Lipinski definition) is 1. The van der Waals surface area contributed by atoms with Gasteiger partial charge in [0.05, 0.1) is 0 Å². The minimum atomic E-state index is 0. The number of thiophene rings is 1. The maximum Gasteiger partial charge on any atom is 0.0328 e. The summed E-state index contributed by atoms with van der Waals surface area (Å²) in [6, 6.07) is 4.75. The highest BCUT2D eigenvalue weighted by molar-refractivity contribution is 7.09. The summed E-state index contributed by atoms with van der Waals surface area (Å²) in [5.41, 5.74) is 5.99. The molecule has 1 aliphatic rings. The molecular formula is C11H19ClN2S. The van der Waals surface area contributed by atoms with E-state index in [1.54, 1.807) is 0 Å². The van der Waals surface area contributed by atoms with Gasteiger partial charge in [-0.05, 0) is 23.8 Å². The van der Waals surface area contributed by atoms with Crippen LogP contribution in [0, 0.1) is 5.92 Å². The highest BCUT2D eigenvalue weighted by Gasteiger charge is 2.22. The predicted molar refractivity (Wildman–Crippen MR) is 68.6 cm³/mol. The van der Waals surface area contributed by atoms with Gasteiger partial charge in [-0.25, -0.2) is 0 Å². The summed E-state index contributed by atoms with van der Waals surface area (Å²) in [6.07, 6.45) is 1.15. The lowest BCUT2D eigenvalue weighted by molar-refractivity contribution is 0.159. The van der Waals surface area contributed by atoms with Gasteiger partial charge in [0.25, 0.3) is 0 Å². The van der Waals surface area contributed by atoms with Crippen LogP contribution in [-0.4, -0.2) is 24.0 Å². The molecule has 1 fully saturated rings. The first-order valence-electron chi connectivity index (χ1n) is 5.26. The van der Waals surface area contributed by atoms with Crippen molar-refractivity contribution in [1.82, 2.24) is 4.90 Å². The first-order chi connectivity index (χ1) is 6.75. The molecule has 86 valence electrons. The van der Waals surface area contributed by atoms with Gasteiger partial charge in [0.2, 0.25) is 0 Å². The Labute approximate surface area is 102 Å². The smallest absolute Gasteiger partial charge is 0.0328 e. The van der Waals surface area contributed by atoms with Gasteiger partial charge >= 0.3 is 0 Å². The summed E-state index contributed by atoms with van der Waals surface area (Å²) in [4.78, 5) is 3.98. The summed E-state index contributed by atoms with van der Waals surface area (Å²) in [5.74, 6) is 0.642. The number of rotatable bonds is 2. The SMILES string of the molecule is CC1CN(Cc2cccs2)CCC1N.Cl. The Bertz CT molecular complexity index is 276. The predicted octanol–water partition coefficient (Wildman–Crippen LogP) is 2.34. The van der Waals surface area contributed by atoms with E-state index in [9.17, 15) is 0 Å². The maximum absolute atomic E-state index is 5.99. The molecule has 2 N–H and O–H groups in total. The first kappa shape index (κ1) is 13.0. The molecule has 0 spiro atoms. The molecule has 2 atom stereocenters. The van der Waals surface area contributed by atoms with Crippen molar-refractivity contribution >= 4 is 23.7 Å². The van der Waals surface area contributed by atoms with Crippen molar-refractivity contribution in [1.29, 1.82) is 0 Å². The fourth-order valence-corrected chi connectivity index (χ4v) is 2.76. The van der Waals surface area contributed by atoms with Crippen molar-refractivity contribution in [2.24, 2.45) is 11.7 Å². The molecule has 0 aliphatic carbocycles. The van der Waals surface area contributed by atoms with Crippen LogP contribution < -0.4 is 5.73 Å². The molecule has 2 heterocycles. The molecule has 15 heavy (non-hydrogen) atoms. The highest BCUT2D eigenvalue weighted by Crippen LogP contribution is 2.19. The van der Waals surface area contributed by atoms with Gasteiger partial charge in [0, 0.05) is 30.6 Å². The van der Waals surface area contributed by atoms with E-state index in [4.69, 9.17) is 5.73 Å². The van der Waals surface area contributed by atoms with Gasteiger partial charge in [-0.15, -0.1) is 23.7 Å². The van der Waals surface area contributed by atoms with Gasteiger partial charge in [0.1, 0.15) is 0 Å². The molecule has 0 amide bonds. The van der Waals surface area contributed by atoms with Crippen LogP contribution in [0.1, 0.15) is 18.2 Å². The minimum absolute atomic E-state index is 0. The van der Waals surface area contributed by atoms with Crippen LogP contribution >= 0.6 is 23.7 Å². The zero-order valence-electron chi connectivity index (χ0n) is 9.06. The van der Waals surface area contributed by atoms with Crippen molar-refractivity contribution in [3.63, 3.8) is 0 Å². The number of hydrogen-bond acceptors (Lipinski definition) is 3. The fourth-order valence-electron chi connectivity index (χ4n) is 2.02. The number of nitrogens with two attached hydrogens (primary N) is 1. The van der Waals surface area contributed by atoms with Crippen molar-refractivity contribution < 1.29 is 0 Å². The van der Waals surface area contributed by atoms with Crippen molar-refractivity contribution in [2.45, 2.75) is 25.9 Å². The maximum atomic E-state index is 5.99. The van der Waals surface area contributed by atoms with Crippen molar-refractivity contribution in [2.75, 3.05) is 13.1 Å². The lowest BCUT2D eigenvalue weighted by Crippen LogP contribution is -2.45. The van der Waals surface area contributed by atoms with Gasteiger partial charge < -0.3 is 5.73 Å². The Morgan fingerprint density at radius 2 is 2.40 bits per heavy atom. The fraction of sp³-hybridized carbons (Fsp3) is 0.636. The Hall–Kier alpha value is -0.0900. The summed E-state index contributed by atoms with van der Waals surface area (Å²) < 4.78 is 0. The van der Waals surface area contributed by atoms with E-state index in [-0.39, 0.29) is 12.4 Å².